The summed E-state index contributed by atoms with van der Waals surface area (Å²) in [5.41, 5.74) is 4.59. The molecule has 5 rings (SSSR count). The zero-order valence-electron chi connectivity index (χ0n) is 15.4. The maximum absolute atomic E-state index is 13.1. The second-order valence-electron chi connectivity index (χ2n) is 6.62. The molecule has 0 aliphatic carbocycles. The number of hydrogen-bond donors (Lipinski definition) is 0. The number of nitriles is 1. The fraction of sp³-hybridized carbons (Fsp3) is 0.0455. The molecular formula is C22H14N6O. The van der Waals surface area contributed by atoms with Gasteiger partial charge in [-0.3, -0.25) is 9.36 Å². The van der Waals surface area contributed by atoms with Crippen molar-refractivity contribution in [3.05, 3.63) is 88.5 Å². The van der Waals surface area contributed by atoms with Crippen molar-refractivity contribution in [2.24, 2.45) is 0 Å². The molecule has 7 nitrogen and oxygen atoms in total. The molecule has 3 heterocycles. The van der Waals surface area contributed by atoms with Crippen LogP contribution in [0.25, 0.3) is 33.5 Å². The van der Waals surface area contributed by atoms with Gasteiger partial charge in [0.1, 0.15) is 11.6 Å². The number of hydrogen-bond acceptors (Lipinski definition) is 5. The molecule has 0 N–H and O–H groups in total. The molecule has 3 aromatic heterocycles. The first-order chi connectivity index (χ1) is 14.2. The second-order valence-corrected chi connectivity index (χ2v) is 6.62. The number of nitrogens with zero attached hydrogens (tertiary/aromatic N) is 6. The number of aryl methyl sites for hydroxylation is 1. The summed E-state index contributed by atoms with van der Waals surface area (Å²) in [6.45, 7) is 1.91. The average molecular weight is 378 g/mol. The smallest absolute Gasteiger partial charge is 0.281 e. The highest BCUT2D eigenvalue weighted by Gasteiger charge is 2.18. The van der Waals surface area contributed by atoms with E-state index in [4.69, 9.17) is 0 Å². The van der Waals surface area contributed by atoms with Gasteiger partial charge >= 0.3 is 0 Å². The van der Waals surface area contributed by atoms with Crippen LogP contribution in [0, 0.1) is 18.3 Å². The van der Waals surface area contributed by atoms with Gasteiger partial charge in [0, 0.05) is 6.20 Å². The van der Waals surface area contributed by atoms with Gasteiger partial charge in [-0.15, -0.1) is 10.2 Å². The first-order valence-electron chi connectivity index (χ1n) is 9.01. The van der Waals surface area contributed by atoms with Gasteiger partial charge in [-0.2, -0.15) is 10.4 Å². The molecule has 5 aromatic rings. The van der Waals surface area contributed by atoms with Gasteiger partial charge in [0.25, 0.3) is 5.56 Å². The fourth-order valence-corrected chi connectivity index (χ4v) is 3.56. The minimum atomic E-state index is -0.353. The Bertz CT molecular complexity index is 1490. The monoisotopic (exact) mass is 378 g/mol. The van der Waals surface area contributed by atoms with Crippen molar-refractivity contribution < 1.29 is 0 Å². The number of rotatable bonds is 2. The first kappa shape index (κ1) is 16.8. The lowest BCUT2D eigenvalue weighted by Crippen LogP contribution is -2.21. The third-order valence-electron chi connectivity index (χ3n) is 4.90. The molecule has 0 saturated heterocycles. The quantitative estimate of drug-likeness (QED) is 0.470. The largest absolute Gasteiger partial charge is 0.285 e. The topological polar surface area (TPSA) is 88.9 Å². The Balaban J connectivity index is 1.80. The predicted octanol–water partition coefficient (Wildman–Crippen LogP) is 3.28. The van der Waals surface area contributed by atoms with Gasteiger partial charge in [0.15, 0.2) is 11.2 Å². The third-order valence-corrected chi connectivity index (χ3v) is 4.90. The van der Waals surface area contributed by atoms with Crippen molar-refractivity contribution in [2.75, 3.05) is 0 Å². The number of benzene rings is 2. The molecular weight excluding hydrogens is 364 g/mol. The van der Waals surface area contributed by atoms with E-state index in [0.717, 1.165) is 16.8 Å². The van der Waals surface area contributed by atoms with Crippen LogP contribution in [-0.2, 0) is 0 Å². The number of para-hydroxylation sites is 1. The van der Waals surface area contributed by atoms with E-state index in [9.17, 15) is 10.1 Å². The SMILES string of the molecule is Cc1nn2c(nnc3c(=O)n(-c4ccccc4C#N)ccc32)c1-c1ccccc1. The van der Waals surface area contributed by atoms with E-state index in [2.05, 4.69) is 21.4 Å². The van der Waals surface area contributed by atoms with Crippen molar-refractivity contribution >= 4 is 16.7 Å². The summed E-state index contributed by atoms with van der Waals surface area (Å²) >= 11 is 0. The molecule has 2 aromatic carbocycles. The zero-order valence-corrected chi connectivity index (χ0v) is 15.4. The Labute approximate surface area is 165 Å². The van der Waals surface area contributed by atoms with Gasteiger partial charge in [-0.05, 0) is 30.7 Å². The summed E-state index contributed by atoms with van der Waals surface area (Å²) in [5.74, 6) is 0. The fourth-order valence-electron chi connectivity index (χ4n) is 3.56. The van der Waals surface area contributed by atoms with E-state index in [-0.39, 0.29) is 11.1 Å². The minimum absolute atomic E-state index is 0.190. The predicted molar refractivity (Wildman–Crippen MR) is 109 cm³/mol. The van der Waals surface area contributed by atoms with E-state index in [1.54, 1.807) is 41.0 Å². The summed E-state index contributed by atoms with van der Waals surface area (Å²) < 4.78 is 3.07. The van der Waals surface area contributed by atoms with Crippen LogP contribution in [0.4, 0.5) is 0 Å². The number of pyridine rings is 1. The van der Waals surface area contributed by atoms with Crippen LogP contribution in [0.2, 0.25) is 0 Å². The lowest BCUT2D eigenvalue weighted by Gasteiger charge is -2.08. The Morgan fingerprint density at radius 2 is 1.72 bits per heavy atom. The molecule has 0 amide bonds. The Morgan fingerprint density at radius 3 is 2.52 bits per heavy atom. The van der Waals surface area contributed by atoms with E-state index in [1.807, 2.05) is 37.3 Å². The van der Waals surface area contributed by atoms with E-state index in [0.29, 0.717) is 22.4 Å². The maximum atomic E-state index is 13.1. The first-order valence-corrected chi connectivity index (χ1v) is 9.01. The van der Waals surface area contributed by atoms with Crippen LogP contribution in [0.3, 0.4) is 0 Å². The zero-order chi connectivity index (χ0) is 20.0. The van der Waals surface area contributed by atoms with E-state index >= 15 is 0 Å². The van der Waals surface area contributed by atoms with E-state index in [1.165, 1.54) is 4.57 Å². The molecule has 0 spiro atoms. The summed E-state index contributed by atoms with van der Waals surface area (Å²) in [7, 11) is 0. The standard InChI is InChI=1S/C22H14N6O/c1-14-19(15-7-3-2-4-8-15)21-25-24-20-18(28(21)26-14)11-12-27(22(20)29)17-10-6-5-9-16(17)13-23/h2-12H,1H3. The summed E-state index contributed by atoms with van der Waals surface area (Å²) in [6.07, 6.45) is 1.64. The molecule has 0 unspecified atom stereocenters. The summed E-state index contributed by atoms with van der Waals surface area (Å²) in [6, 6.07) is 20.7. The van der Waals surface area contributed by atoms with Crippen LogP contribution < -0.4 is 5.56 Å². The lowest BCUT2D eigenvalue weighted by molar-refractivity contribution is 0.905. The molecule has 0 bridgehead atoms. The Kier molecular flexibility index (Phi) is 3.71. The average Bonchev–Trinajstić information content (AvgIpc) is 3.11. The van der Waals surface area contributed by atoms with Crippen LogP contribution in [0.1, 0.15) is 11.3 Å². The van der Waals surface area contributed by atoms with Crippen LogP contribution in [0.15, 0.2) is 71.7 Å². The number of aromatic nitrogens is 5. The molecule has 0 saturated carbocycles. The molecule has 0 aliphatic rings. The lowest BCUT2D eigenvalue weighted by atomic mass is 10.1. The molecule has 0 radical (unpaired) electrons. The van der Waals surface area contributed by atoms with Gasteiger partial charge in [-0.1, -0.05) is 42.5 Å². The van der Waals surface area contributed by atoms with Gasteiger partial charge < -0.3 is 0 Å². The highest BCUT2D eigenvalue weighted by Crippen LogP contribution is 2.27. The van der Waals surface area contributed by atoms with Crippen molar-refractivity contribution in [3.8, 4) is 22.9 Å². The molecule has 7 heteroatoms. The van der Waals surface area contributed by atoms with E-state index < -0.39 is 0 Å². The van der Waals surface area contributed by atoms with Crippen LogP contribution >= 0.6 is 0 Å². The van der Waals surface area contributed by atoms with Gasteiger partial charge in [-0.25, -0.2) is 4.52 Å². The molecule has 0 atom stereocenters. The molecule has 0 aliphatic heterocycles. The highest BCUT2D eigenvalue weighted by molar-refractivity contribution is 5.84. The second kappa shape index (κ2) is 6.39. The minimum Gasteiger partial charge on any atom is -0.281 e. The molecule has 29 heavy (non-hydrogen) atoms. The van der Waals surface area contributed by atoms with Crippen molar-refractivity contribution in [3.63, 3.8) is 0 Å². The maximum Gasteiger partial charge on any atom is 0.285 e. The van der Waals surface area contributed by atoms with Crippen molar-refractivity contribution in [1.82, 2.24) is 24.4 Å². The summed E-state index contributed by atoms with van der Waals surface area (Å²) in [4.78, 5) is 13.1. The summed E-state index contributed by atoms with van der Waals surface area (Å²) in [5, 5.41) is 22.5. The van der Waals surface area contributed by atoms with Crippen LogP contribution in [-0.4, -0.2) is 24.4 Å². The normalized spacial score (nSPS) is 11.0. The van der Waals surface area contributed by atoms with Gasteiger partial charge in [0.2, 0.25) is 0 Å². The number of fused-ring (bicyclic) bond motifs is 3. The van der Waals surface area contributed by atoms with Crippen molar-refractivity contribution in [2.45, 2.75) is 6.92 Å². The van der Waals surface area contributed by atoms with Crippen molar-refractivity contribution in [1.29, 1.82) is 5.26 Å². The third kappa shape index (κ3) is 2.51. The molecule has 138 valence electrons. The highest BCUT2D eigenvalue weighted by atomic mass is 16.1. The van der Waals surface area contributed by atoms with Gasteiger partial charge in [0.05, 0.1) is 22.5 Å². The molecule has 0 fully saturated rings. The Hall–Kier alpha value is -4.31. The Morgan fingerprint density at radius 1 is 0.966 bits per heavy atom. The van der Waals surface area contributed by atoms with Crippen LogP contribution in [0.5, 0.6) is 0 Å².